The highest BCUT2D eigenvalue weighted by atomic mass is 127. The fraction of sp³-hybridized carbons (Fsp3) is 0.944. The highest BCUT2D eigenvalue weighted by Crippen LogP contribution is 2.20. The Bertz CT molecular complexity index is 338. The summed E-state index contributed by atoms with van der Waals surface area (Å²) in [6, 6.07) is 0. The molecule has 6 heteroatoms. The number of nitrogens with zero attached hydrogens (tertiary/aromatic N) is 2. The van der Waals surface area contributed by atoms with Gasteiger partial charge in [-0.1, -0.05) is 20.8 Å². The maximum Gasteiger partial charge on any atom is 0.193 e. The van der Waals surface area contributed by atoms with Crippen LogP contribution in [0.1, 0.15) is 52.9 Å². The lowest BCUT2D eigenvalue weighted by atomic mass is 9.91. The molecule has 1 heterocycles. The number of likely N-dealkylation sites (tertiary alicyclic amines) is 1. The molecule has 1 rings (SSSR count). The molecule has 0 bridgehead atoms. The maximum atomic E-state index is 5.92. The molecule has 0 atom stereocenters. The second kappa shape index (κ2) is 13.2. The van der Waals surface area contributed by atoms with Crippen LogP contribution in [0.3, 0.4) is 0 Å². The van der Waals surface area contributed by atoms with Crippen LogP contribution >= 0.6 is 24.0 Å². The standard InChI is InChI=1S/C18H37N3O2.HI/c1-18(2,3)10-6-11-20-17(19-4)21-12-8-16(9-13-21)23-15-7-14-22-5;/h16H,6-15H2,1-5H3,(H,19,20);1H. The van der Waals surface area contributed by atoms with E-state index in [1.54, 1.807) is 7.11 Å². The van der Waals surface area contributed by atoms with E-state index in [1.165, 1.54) is 12.8 Å². The zero-order valence-corrected chi connectivity index (χ0v) is 18.6. The minimum atomic E-state index is 0. The normalized spacial score (nSPS) is 16.9. The molecule has 0 aromatic heterocycles. The monoisotopic (exact) mass is 455 g/mol. The number of aliphatic imine (C=N–C) groups is 1. The Hall–Kier alpha value is -0.0800. The van der Waals surface area contributed by atoms with Gasteiger partial charge in [-0.25, -0.2) is 0 Å². The molecule has 0 spiro atoms. The van der Waals surface area contributed by atoms with Crippen LogP contribution in [0, 0.1) is 5.41 Å². The molecule has 5 nitrogen and oxygen atoms in total. The van der Waals surface area contributed by atoms with Crippen molar-refractivity contribution >= 4 is 29.9 Å². The van der Waals surface area contributed by atoms with E-state index in [0.717, 1.165) is 58.1 Å². The topological polar surface area (TPSA) is 46.1 Å². The average molecular weight is 455 g/mol. The zero-order valence-electron chi connectivity index (χ0n) is 16.3. The Labute approximate surface area is 166 Å². The van der Waals surface area contributed by atoms with E-state index in [9.17, 15) is 0 Å². The fourth-order valence-electron chi connectivity index (χ4n) is 2.84. The van der Waals surface area contributed by atoms with Gasteiger partial charge in [-0.2, -0.15) is 0 Å². The molecule has 0 amide bonds. The van der Waals surface area contributed by atoms with Crippen molar-refractivity contribution in [2.24, 2.45) is 10.4 Å². The molecule has 0 saturated carbocycles. The van der Waals surface area contributed by atoms with Crippen LogP contribution in [0.4, 0.5) is 0 Å². The van der Waals surface area contributed by atoms with E-state index in [1.807, 2.05) is 7.05 Å². The summed E-state index contributed by atoms with van der Waals surface area (Å²) in [6.45, 7) is 11.5. The first-order valence-corrected chi connectivity index (χ1v) is 9.02. The van der Waals surface area contributed by atoms with Crippen molar-refractivity contribution in [2.75, 3.05) is 47.0 Å². The summed E-state index contributed by atoms with van der Waals surface area (Å²) in [5, 5.41) is 3.51. The number of hydrogen-bond donors (Lipinski definition) is 1. The van der Waals surface area contributed by atoms with Crippen molar-refractivity contribution in [3.63, 3.8) is 0 Å². The van der Waals surface area contributed by atoms with Crippen LogP contribution in [0.2, 0.25) is 0 Å². The van der Waals surface area contributed by atoms with Crippen molar-refractivity contribution in [3.8, 4) is 0 Å². The van der Waals surface area contributed by atoms with Crippen molar-refractivity contribution in [1.82, 2.24) is 10.2 Å². The van der Waals surface area contributed by atoms with Crippen molar-refractivity contribution < 1.29 is 9.47 Å². The van der Waals surface area contributed by atoms with Gasteiger partial charge in [0.05, 0.1) is 6.10 Å². The van der Waals surface area contributed by atoms with Gasteiger partial charge in [0.15, 0.2) is 5.96 Å². The summed E-state index contributed by atoms with van der Waals surface area (Å²) in [5.74, 6) is 1.04. The summed E-state index contributed by atoms with van der Waals surface area (Å²) in [4.78, 5) is 6.78. The molecule has 0 aliphatic carbocycles. The van der Waals surface area contributed by atoms with Gasteiger partial charge < -0.3 is 19.7 Å². The molecule has 1 aliphatic heterocycles. The molecular formula is C18H38IN3O2. The Balaban J connectivity index is 0.00000529. The molecule has 1 N–H and O–H groups in total. The summed E-state index contributed by atoms with van der Waals surface area (Å²) in [5.41, 5.74) is 0.406. The van der Waals surface area contributed by atoms with Gasteiger partial charge in [-0.05, 0) is 37.5 Å². The van der Waals surface area contributed by atoms with Crippen LogP contribution in [0.15, 0.2) is 4.99 Å². The van der Waals surface area contributed by atoms with E-state index >= 15 is 0 Å². The number of halogens is 1. The second-order valence-electron chi connectivity index (χ2n) is 7.54. The van der Waals surface area contributed by atoms with Gasteiger partial charge in [0.2, 0.25) is 0 Å². The lowest BCUT2D eigenvalue weighted by Gasteiger charge is -2.34. The number of ether oxygens (including phenoxy) is 2. The van der Waals surface area contributed by atoms with E-state index in [-0.39, 0.29) is 24.0 Å². The van der Waals surface area contributed by atoms with Gasteiger partial charge in [0.1, 0.15) is 0 Å². The summed E-state index contributed by atoms with van der Waals surface area (Å²) >= 11 is 0. The van der Waals surface area contributed by atoms with E-state index in [4.69, 9.17) is 9.47 Å². The summed E-state index contributed by atoms with van der Waals surface area (Å²) < 4.78 is 11.0. The van der Waals surface area contributed by atoms with Crippen LogP contribution in [0.5, 0.6) is 0 Å². The summed E-state index contributed by atoms with van der Waals surface area (Å²) in [6.07, 6.45) is 5.94. The largest absolute Gasteiger partial charge is 0.385 e. The van der Waals surface area contributed by atoms with Crippen LogP contribution in [-0.4, -0.2) is 64.0 Å². The first-order valence-electron chi connectivity index (χ1n) is 9.02. The van der Waals surface area contributed by atoms with Crippen LogP contribution < -0.4 is 5.32 Å². The molecule has 24 heavy (non-hydrogen) atoms. The average Bonchev–Trinajstić information content (AvgIpc) is 2.51. The fourth-order valence-corrected chi connectivity index (χ4v) is 2.84. The lowest BCUT2D eigenvalue weighted by Crippen LogP contribution is -2.47. The molecular weight excluding hydrogens is 417 g/mol. The van der Waals surface area contributed by atoms with E-state index in [0.29, 0.717) is 11.5 Å². The van der Waals surface area contributed by atoms with Gasteiger partial charge in [0, 0.05) is 47.0 Å². The Morgan fingerprint density at radius 1 is 1.17 bits per heavy atom. The maximum absolute atomic E-state index is 5.92. The predicted octanol–water partition coefficient (Wildman–Crippen LogP) is 3.52. The molecule has 0 unspecified atom stereocenters. The Morgan fingerprint density at radius 3 is 2.38 bits per heavy atom. The SMILES string of the molecule is CN=C(NCCCC(C)(C)C)N1CCC(OCCCOC)CC1.I. The van der Waals surface area contributed by atoms with E-state index < -0.39 is 0 Å². The number of hydrogen-bond acceptors (Lipinski definition) is 3. The third-order valence-corrected chi connectivity index (χ3v) is 4.19. The number of piperidine rings is 1. The van der Waals surface area contributed by atoms with Crippen LogP contribution in [0.25, 0.3) is 0 Å². The number of rotatable bonds is 8. The smallest absolute Gasteiger partial charge is 0.193 e. The van der Waals surface area contributed by atoms with Crippen LogP contribution in [-0.2, 0) is 9.47 Å². The Morgan fingerprint density at radius 2 is 1.83 bits per heavy atom. The Kier molecular flexibility index (Phi) is 13.1. The molecule has 1 fully saturated rings. The van der Waals surface area contributed by atoms with Crippen molar-refractivity contribution in [2.45, 2.75) is 59.0 Å². The molecule has 1 saturated heterocycles. The minimum absolute atomic E-state index is 0. The highest BCUT2D eigenvalue weighted by Gasteiger charge is 2.21. The predicted molar refractivity (Wildman–Crippen MR) is 113 cm³/mol. The highest BCUT2D eigenvalue weighted by molar-refractivity contribution is 14.0. The summed E-state index contributed by atoms with van der Waals surface area (Å²) in [7, 11) is 3.61. The second-order valence-corrected chi connectivity index (χ2v) is 7.54. The lowest BCUT2D eigenvalue weighted by molar-refractivity contribution is 0.00990. The first-order chi connectivity index (χ1) is 11.0. The number of methoxy groups -OCH3 is 1. The van der Waals surface area contributed by atoms with Crippen molar-refractivity contribution in [1.29, 1.82) is 0 Å². The third kappa shape index (κ3) is 10.7. The molecule has 1 aliphatic rings. The molecule has 144 valence electrons. The molecule has 0 aromatic carbocycles. The number of guanidine groups is 1. The molecule has 0 radical (unpaired) electrons. The molecule has 0 aromatic rings. The first kappa shape index (κ1) is 23.9. The zero-order chi connectivity index (χ0) is 17.1. The van der Waals surface area contributed by atoms with Gasteiger partial charge in [-0.15, -0.1) is 24.0 Å². The van der Waals surface area contributed by atoms with E-state index in [2.05, 4.69) is 36.0 Å². The third-order valence-electron chi connectivity index (χ3n) is 4.19. The van der Waals surface area contributed by atoms with Gasteiger partial charge in [-0.3, -0.25) is 4.99 Å². The van der Waals surface area contributed by atoms with Gasteiger partial charge in [0.25, 0.3) is 0 Å². The van der Waals surface area contributed by atoms with Crippen molar-refractivity contribution in [3.05, 3.63) is 0 Å². The quantitative estimate of drug-likeness (QED) is 0.263. The minimum Gasteiger partial charge on any atom is -0.385 e. The van der Waals surface area contributed by atoms with Gasteiger partial charge >= 0.3 is 0 Å². The number of nitrogens with one attached hydrogen (secondary N) is 1.